The summed E-state index contributed by atoms with van der Waals surface area (Å²) in [5.41, 5.74) is 3.15. The van der Waals surface area contributed by atoms with Gasteiger partial charge in [0.05, 0.1) is 7.11 Å². The largest absolute Gasteiger partial charge is 0.504 e. The molecular weight excluding hydrogens is 230 g/mol. The van der Waals surface area contributed by atoms with Gasteiger partial charge in [-0.25, -0.2) is 0 Å². The van der Waals surface area contributed by atoms with E-state index < -0.39 is 0 Å². The number of phenols is 1. The van der Waals surface area contributed by atoms with Gasteiger partial charge in [-0.1, -0.05) is 0 Å². The normalized spacial score (nSPS) is 25.9. The first-order chi connectivity index (χ1) is 8.67. The number of rotatable bonds is 2. The molecule has 1 aromatic carbocycles. The van der Waals surface area contributed by atoms with Crippen molar-refractivity contribution in [2.45, 2.75) is 24.8 Å². The van der Waals surface area contributed by atoms with Crippen LogP contribution in [-0.4, -0.2) is 37.0 Å². The van der Waals surface area contributed by atoms with Gasteiger partial charge in [0.15, 0.2) is 11.5 Å². The second kappa shape index (κ2) is 3.99. The van der Waals surface area contributed by atoms with Gasteiger partial charge in [0, 0.05) is 24.1 Å². The third kappa shape index (κ3) is 1.38. The van der Waals surface area contributed by atoms with E-state index in [1.807, 2.05) is 6.07 Å². The predicted molar refractivity (Wildman–Crippen MR) is 67.2 cm³/mol. The van der Waals surface area contributed by atoms with Crippen LogP contribution in [0, 0.1) is 0 Å². The summed E-state index contributed by atoms with van der Waals surface area (Å²) in [4.78, 5) is 13.5. The van der Waals surface area contributed by atoms with Crippen molar-refractivity contribution in [1.29, 1.82) is 0 Å². The lowest BCUT2D eigenvalue weighted by Crippen LogP contribution is -2.30. The Labute approximate surface area is 106 Å². The summed E-state index contributed by atoms with van der Waals surface area (Å²) in [5, 5.41) is 10.3. The number of ether oxygens (including phenoxy) is 1. The van der Waals surface area contributed by atoms with Crippen molar-refractivity contribution in [2.75, 3.05) is 20.7 Å². The number of phenolic OH excluding ortho intramolecular Hbond substituents is 1. The van der Waals surface area contributed by atoms with Crippen LogP contribution in [0.5, 0.6) is 11.5 Å². The van der Waals surface area contributed by atoms with Crippen molar-refractivity contribution in [3.05, 3.63) is 22.8 Å². The maximum absolute atomic E-state index is 11.3. The molecule has 0 aromatic heterocycles. The lowest BCUT2D eigenvalue weighted by molar-refractivity contribution is -0.109. The minimum Gasteiger partial charge on any atom is -0.504 e. The first kappa shape index (κ1) is 11.5. The number of carbonyl (C=O) groups is 1. The van der Waals surface area contributed by atoms with Crippen LogP contribution in [0.4, 0.5) is 0 Å². The van der Waals surface area contributed by atoms with Crippen LogP contribution >= 0.6 is 0 Å². The van der Waals surface area contributed by atoms with Crippen LogP contribution in [0.1, 0.15) is 35.1 Å². The van der Waals surface area contributed by atoms with Crippen molar-refractivity contribution in [1.82, 2.24) is 4.90 Å². The summed E-state index contributed by atoms with van der Waals surface area (Å²) in [7, 11) is 3.62. The lowest BCUT2D eigenvalue weighted by Gasteiger charge is -2.32. The van der Waals surface area contributed by atoms with Crippen LogP contribution in [-0.2, 0) is 11.2 Å². The highest BCUT2D eigenvalue weighted by atomic mass is 16.5. The molecule has 4 nitrogen and oxygen atoms in total. The number of carbonyl (C=O) groups excluding carboxylic acids is 1. The first-order valence-electron chi connectivity index (χ1n) is 6.25. The number of hydrogen-bond acceptors (Lipinski definition) is 4. The predicted octanol–water partition coefficient (Wildman–Crippen LogP) is 1.62. The highest BCUT2D eigenvalue weighted by Gasteiger charge is 2.40. The molecule has 0 radical (unpaired) electrons. The minimum absolute atomic E-state index is 0.145. The molecule has 2 atom stereocenters. The summed E-state index contributed by atoms with van der Waals surface area (Å²) >= 11 is 0. The van der Waals surface area contributed by atoms with E-state index in [4.69, 9.17) is 4.74 Å². The molecule has 0 bridgehead atoms. The van der Waals surface area contributed by atoms with Crippen LogP contribution in [0.25, 0.3) is 0 Å². The molecule has 0 saturated heterocycles. The molecule has 0 amide bonds. The van der Waals surface area contributed by atoms with Gasteiger partial charge in [-0.15, -0.1) is 0 Å². The van der Waals surface area contributed by atoms with Gasteiger partial charge < -0.3 is 14.6 Å². The van der Waals surface area contributed by atoms with E-state index in [0.29, 0.717) is 5.75 Å². The fraction of sp³-hybridized carbons (Fsp3) is 0.500. The Morgan fingerprint density at radius 3 is 2.94 bits per heavy atom. The van der Waals surface area contributed by atoms with Crippen molar-refractivity contribution in [3.63, 3.8) is 0 Å². The maximum atomic E-state index is 11.3. The number of methoxy groups -OCH3 is 1. The number of hydrogen-bond donors (Lipinski definition) is 1. The van der Waals surface area contributed by atoms with E-state index in [0.717, 1.165) is 36.8 Å². The molecule has 4 heteroatoms. The molecule has 1 aliphatic carbocycles. The van der Waals surface area contributed by atoms with Crippen molar-refractivity contribution in [2.24, 2.45) is 0 Å². The molecule has 3 rings (SSSR count). The zero-order chi connectivity index (χ0) is 12.9. The summed E-state index contributed by atoms with van der Waals surface area (Å²) < 4.78 is 5.21. The van der Waals surface area contributed by atoms with E-state index in [-0.39, 0.29) is 17.7 Å². The summed E-state index contributed by atoms with van der Waals surface area (Å²) in [6.45, 7) is 0.983. The third-order valence-corrected chi connectivity index (χ3v) is 4.26. The van der Waals surface area contributed by atoms with E-state index >= 15 is 0 Å². The van der Waals surface area contributed by atoms with Crippen molar-refractivity contribution < 1.29 is 14.6 Å². The monoisotopic (exact) mass is 247 g/mol. The van der Waals surface area contributed by atoms with Crippen molar-refractivity contribution in [3.8, 4) is 11.5 Å². The molecule has 0 fully saturated rings. The highest BCUT2D eigenvalue weighted by Crippen LogP contribution is 2.52. The Bertz CT molecular complexity index is 512. The fourth-order valence-corrected chi connectivity index (χ4v) is 3.32. The van der Waals surface area contributed by atoms with E-state index in [9.17, 15) is 9.90 Å². The SMILES string of the molecule is COc1cc2c3c(c1O)C(C=O)CC3N(C)CC2. The molecule has 0 spiro atoms. The zero-order valence-electron chi connectivity index (χ0n) is 10.6. The summed E-state index contributed by atoms with van der Waals surface area (Å²) in [5.74, 6) is 0.423. The molecule has 1 aromatic rings. The topological polar surface area (TPSA) is 49.8 Å². The van der Waals surface area contributed by atoms with E-state index in [1.54, 1.807) is 7.11 Å². The highest BCUT2D eigenvalue weighted by molar-refractivity contribution is 5.72. The van der Waals surface area contributed by atoms with E-state index in [1.165, 1.54) is 5.56 Å². The van der Waals surface area contributed by atoms with Gasteiger partial charge in [0.1, 0.15) is 6.29 Å². The van der Waals surface area contributed by atoms with Gasteiger partial charge in [0.25, 0.3) is 0 Å². The Morgan fingerprint density at radius 2 is 2.28 bits per heavy atom. The van der Waals surface area contributed by atoms with E-state index in [2.05, 4.69) is 11.9 Å². The van der Waals surface area contributed by atoms with Crippen LogP contribution < -0.4 is 4.74 Å². The Balaban J connectivity index is 2.25. The van der Waals surface area contributed by atoms with Crippen LogP contribution in [0.3, 0.4) is 0 Å². The Hall–Kier alpha value is -1.55. The standard InChI is InChI=1S/C14H17NO3/c1-15-4-3-8-6-11(18-2)14(17)13-9(7-16)5-10(15)12(8)13/h6-7,9-10,17H,3-5H2,1-2H3. The molecule has 1 N–H and O–H groups in total. The minimum atomic E-state index is -0.209. The van der Waals surface area contributed by atoms with Gasteiger partial charge in [-0.2, -0.15) is 0 Å². The molecule has 0 saturated carbocycles. The summed E-state index contributed by atoms with van der Waals surface area (Å²) in [6, 6.07) is 2.18. The Morgan fingerprint density at radius 1 is 1.50 bits per heavy atom. The smallest absolute Gasteiger partial charge is 0.162 e. The molecule has 2 unspecified atom stereocenters. The van der Waals surface area contributed by atoms with Gasteiger partial charge in [-0.05, 0) is 37.1 Å². The molecule has 18 heavy (non-hydrogen) atoms. The van der Waals surface area contributed by atoms with Gasteiger partial charge in [0.2, 0.25) is 0 Å². The van der Waals surface area contributed by atoms with Crippen LogP contribution in [0.15, 0.2) is 6.07 Å². The lowest BCUT2D eigenvalue weighted by atomic mass is 9.92. The molecule has 2 aliphatic rings. The quantitative estimate of drug-likeness (QED) is 0.807. The number of benzene rings is 1. The van der Waals surface area contributed by atoms with Crippen LogP contribution in [0.2, 0.25) is 0 Å². The number of nitrogens with zero attached hydrogens (tertiary/aromatic N) is 1. The maximum Gasteiger partial charge on any atom is 0.162 e. The summed E-state index contributed by atoms with van der Waals surface area (Å²) in [6.07, 6.45) is 2.65. The molecule has 96 valence electrons. The average Bonchev–Trinajstić information content (AvgIpc) is 2.78. The second-order valence-corrected chi connectivity index (χ2v) is 5.14. The Kier molecular flexibility index (Phi) is 2.55. The third-order valence-electron chi connectivity index (χ3n) is 4.26. The molecular formula is C14H17NO3. The zero-order valence-corrected chi connectivity index (χ0v) is 10.6. The molecule has 1 aliphatic heterocycles. The average molecular weight is 247 g/mol. The molecule has 1 heterocycles. The number of aromatic hydroxyl groups is 1. The second-order valence-electron chi connectivity index (χ2n) is 5.14. The number of likely N-dealkylation sites (N-methyl/N-ethyl adjacent to an activating group) is 1. The van der Waals surface area contributed by atoms with Gasteiger partial charge in [-0.3, -0.25) is 4.90 Å². The first-order valence-corrected chi connectivity index (χ1v) is 6.25. The number of aldehydes is 1. The fourth-order valence-electron chi connectivity index (χ4n) is 3.32. The van der Waals surface area contributed by atoms with Gasteiger partial charge >= 0.3 is 0 Å². The van der Waals surface area contributed by atoms with Crippen molar-refractivity contribution >= 4 is 6.29 Å².